The van der Waals surface area contributed by atoms with E-state index in [9.17, 15) is 9.59 Å². The molecule has 0 radical (unpaired) electrons. The fourth-order valence-corrected chi connectivity index (χ4v) is 4.07. The number of rotatable bonds is 8. The first kappa shape index (κ1) is 23.1. The van der Waals surface area contributed by atoms with Crippen LogP contribution in [0.25, 0.3) is 10.9 Å². The van der Waals surface area contributed by atoms with Gasteiger partial charge in [0.1, 0.15) is 18.1 Å². The highest BCUT2D eigenvalue weighted by molar-refractivity contribution is 6.11. The average Bonchev–Trinajstić information content (AvgIpc) is 3.48. The van der Waals surface area contributed by atoms with Crippen molar-refractivity contribution in [2.75, 3.05) is 0 Å². The van der Waals surface area contributed by atoms with Crippen LogP contribution in [0.5, 0.6) is 5.75 Å². The second-order valence-electron chi connectivity index (χ2n) is 8.43. The van der Waals surface area contributed by atoms with Crippen LogP contribution in [0.1, 0.15) is 49.4 Å². The number of Topliss-reactive ketones (excluding diaryl/α,β-unsaturated/α-hetero) is 1. The monoisotopic (exact) mass is 480 g/mol. The van der Waals surface area contributed by atoms with E-state index in [1.807, 2.05) is 56.3 Å². The van der Waals surface area contributed by atoms with E-state index in [-0.39, 0.29) is 18.0 Å². The molecule has 7 nitrogen and oxygen atoms in total. The number of fused-ring (bicyclic) bond motifs is 1. The Labute approximate surface area is 207 Å². The third-order valence-electron chi connectivity index (χ3n) is 6.05. The largest absolute Gasteiger partial charge is 0.489 e. The second-order valence-corrected chi connectivity index (χ2v) is 8.43. The number of nitrogens with one attached hydrogen (secondary N) is 1. The Hall–Kier alpha value is -4.65. The third kappa shape index (κ3) is 4.63. The normalized spacial score (nSPS) is 11.8. The fraction of sp³-hybridized carbons (Fsp3) is 0.138. The molecule has 1 atom stereocenters. The summed E-state index contributed by atoms with van der Waals surface area (Å²) in [4.78, 5) is 29.9. The van der Waals surface area contributed by atoms with Crippen molar-refractivity contribution in [3.63, 3.8) is 0 Å². The van der Waals surface area contributed by atoms with Gasteiger partial charge in [-0.25, -0.2) is 4.79 Å². The van der Waals surface area contributed by atoms with E-state index >= 15 is 0 Å². The van der Waals surface area contributed by atoms with Crippen molar-refractivity contribution in [1.29, 1.82) is 0 Å². The van der Waals surface area contributed by atoms with Gasteiger partial charge >= 0.3 is 5.97 Å². The number of carbonyl (C=O) groups is 2. The lowest BCUT2D eigenvalue weighted by Crippen LogP contribution is -2.20. The molecule has 0 unspecified atom stereocenters. The van der Waals surface area contributed by atoms with Crippen LogP contribution in [0.15, 0.2) is 89.6 Å². The Morgan fingerprint density at radius 1 is 0.972 bits per heavy atom. The van der Waals surface area contributed by atoms with E-state index in [0.29, 0.717) is 22.6 Å². The summed E-state index contributed by atoms with van der Waals surface area (Å²) in [6.07, 6.45) is 0.546. The zero-order valence-corrected chi connectivity index (χ0v) is 19.9. The van der Waals surface area contributed by atoms with Crippen LogP contribution in [-0.2, 0) is 11.3 Å². The molecule has 36 heavy (non-hydrogen) atoms. The van der Waals surface area contributed by atoms with Gasteiger partial charge in [-0.05, 0) is 38.1 Å². The molecule has 5 aromatic rings. The van der Waals surface area contributed by atoms with Crippen LogP contribution in [0.2, 0.25) is 0 Å². The molecule has 2 aromatic heterocycles. The lowest BCUT2D eigenvalue weighted by atomic mass is 9.99. The molecule has 0 spiro atoms. The molecule has 0 amide bonds. The minimum Gasteiger partial charge on any atom is -0.489 e. The summed E-state index contributed by atoms with van der Waals surface area (Å²) in [5, 5.41) is 4.70. The Morgan fingerprint density at radius 2 is 1.75 bits per heavy atom. The number of esters is 1. The zero-order valence-electron chi connectivity index (χ0n) is 19.9. The van der Waals surface area contributed by atoms with Gasteiger partial charge in [0.25, 0.3) is 0 Å². The number of H-pyrrole nitrogens is 1. The molecule has 180 valence electrons. The minimum absolute atomic E-state index is 0.255. The molecule has 3 aromatic carbocycles. The van der Waals surface area contributed by atoms with E-state index in [1.54, 1.807) is 42.6 Å². The van der Waals surface area contributed by atoms with Crippen molar-refractivity contribution in [3.05, 3.63) is 119 Å². The van der Waals surface area contributed by atoms with Crippen LogP contribution in [0, 0.1) is 13.8 Å². The van der Waals surface area contributed by atoms with Gasteiger partial charge in [0.2, 0.25) is 5.78 Å². The highest BCUT2D eigenvalue weighted by Crippen LogP contribution is 2.28. The maximum absolute atomic E-state index is 13.6. The fourth-order valence-electron chi connectivity index (χ4n) is 4.07. The molecule has 0 saturated carbocycles. The first-order valence-electron chi connectivity index (χ1n) is 11.5. The lowest BCUT2D eigenvalue weighted by molar-refractivity contribution is 0.0280. The quantitative estimate of drug-likeness (QED) is 0.212. The van der Waals surface area contributed by atoms with Crippen molar-refractivity contribution in [2.45, 2.75) is 26.6 Å². The number of aromatic amines is 1. The summed E-state index contributed by atoms with van der Waals surface area (Å²) in [5.74, 6) is 0.242. The number of hydrogen-bond donors (Lipinski definition) is 1. The van der Waals surface area contributed by atoms with E-state index in [0.717, 1.165) is 22.2 Å². The summed E-state index contributed by atoms with van der Waals surface area (Å²) < 4.78 is 16.9. The van der Waals surface area contributed by atoms with Gasteiger partial charge in [-0.2, -0.15) is 0 Å². The average molecular weight is 481 g/mol. The van der Waals surface area contributed by atoms with Gasteiger partial charge in [0.05, 0.1) is 16.8 Å². The SMILES string of the molecule is Cc1noc(C)c1COc1cccc(C(=O)O[C@H](C(=O)c2c[nH]c3ccccc23)c2ccccc2)c1. The number of aryl methyl sites for hydroxylation is 2. The van der Waals surface area contributed by atoms with Crippen molar-refractivity contribution in [2.24, 2.45) is 0 Å². The standard InChI is InChI=1S/C29H24N2O5/c1-18-25(19(2)36-31-18)17-34-22-12-8-11-21(15-22)29(33)35-28(20-9-4-3-5-10-20)27(32)24-16-30-26-14-7-6-13-23(24)26/h3-16,28,30H,17H2,1-2H3/t28-/m0/s1. The number of ketones is 1. The Kier molecular flexibility index (Phi) is 6.36. The van der Waals surface area contributed by atoms with E-state index < -0.39 is 12.1 Å². The summed E-state index contributed by atoms with van der Waals surface area (Å²) in [6, 6.07) is 23.2. The molecule has 0 aliphatic heterocycles. The maximum atomic E-state index is 13.6. The van der Waals surface area contributed by atoms with E-state index in [2.05, 4.69) is 10.1 Å². The Bertz CT molecular complexity index is 1510. The number of ether oxygens (including phenoxy) is 2. The second kappa shape index (κ2) is 9.92. The number of carbonyl (C=O) groups excluding carboxylic acids is 2. The highest BCUT2D eigenvalue weighted by atomic mass is 16.5. The third-order valence-corrected chi connectivity index (χ3v) is 6.05. The summed E-state index contributed by atoms with van der Waals surface area (Å²) >= 11 is 0. The highest BCUT2D eigenvalue weighted by Gasteiger charge is 2.28. The predicted molar refractivity (Wildman–Crippen MR) is 134 cm³/mol. The summed E-state index contributed by atoms with van der Waals surface area (Å²) in [6.45, 7) is 3.92. The van der Waals surface area contributed by atoms with Gasteiger partial charge in [0, 0.05) is 28.2 Å². The van der Waals surface area contributed by atoms with Crippen molar-refractivity contribution >= 4 is 22.7 Å². The topological polar surface area (TPSA) is 94.4 Å². The molecule has 1 N–H and O–H groups in total. The Morgan fingerprint density at radius 3 is 2.53 bits per heavy atom. The van der Waals surface area contributed by atoms with E-state index in [1.165, 1.54) is 0 Å². The lowest BCUT2D eigenvalue weighted by Gasteiger charge is -2.17. The van der Waals surface area contributed by atoms with Crippen LogP contribution in [0.3, 0.4) is 0 Å². The molecule has 2 heterocycles. The first-order valence-corrected chi connectivity index (χ1v) is 11.5. The molecule has 0 fully saturated rings. The number of hydrogen-bond acceptors (Lipinski definition) is 6. The number of benzene rings is 3. The van der Waals surface area contributed by atoms with Crippen LogP contribution in [0.4, 0.5) is 0 Å². The first-order chi connectivity index (χ1) is 17.5. The molecule has 5 rings (SSSR count). The van der Waals surface area contributed by atoms with Gasteiger partial charge in [-0.3, -0.25) is 4.79 Å². The van der Waals surface area contributed by atoms with Crippen molar-refractivity contribution in [3.8, 4) is 5.75 Å². The van der Waals surface area contributed by atoms with Crippen LogP contribution >= 0.6 is 0 Å². The maximum Gasteiger partial charge on any atom is 0.339 e. The van der Waals surface area contributed by atoms with E-state index in [4.69, 9.17) is 14.0 Å². The molecule has 0 aliphatic rings. The summed E-state index contributed by atoms with van der Waals surface area (Å²) in [5.41, 5.74) is 3.78. The predicted octanol–water partition coefficient (Wildman–Crippen LogP) is 6.13. The van der Waals surface area contributed by atoms with Gasteiger partial charge in [-0.1, -0.05) is 59.8 Å². The number of para-hydroxylation sites is 1. The summed E-state index contributed by atoms with van der Waals surface area (Å²) in [7, 11) is 0. The molecular formula is C29H24N2O5. The number of aromatic nitrogens is 2. The molecule has 7 heteroatoms. The molecule has 0 aliphatic carbocycles. The van der Waals surface area contributed by atoms with Gasteiger partial charge < -0.3 is 19.0 Å². The van der Waals surface area contributed by atoms with Gasteiger partial charge in [-0.15, -0.1) is 0 Å². The van der Waals surface area contributed by atoms with Crippen molar-refractivity contribution in [1.82, 2.24) is 10.1 Å². The van der Waals surface area contributed by atoms with Crippen LogP contribution < -0.4 is 4.74 Å². The van der Waals surface area contributed by atoms with Gasteiger partial charge in [0.15, 0.2) is 6.10 Å². The van der Waals surface area contributed by atoms with Crippen molar-refractivity contribution < 1.29 is 23.6 Å². The molecular weight excluding hydrogens is 456 g/mol. The molecule has 0 saturated heterocycles. The Balaban J connectivity index is 1.39. The smallest absolute Gasteiger partial charge is 0.339 e. The molecule has 0 bridgehead atoms. The minimum atomic E-state index is -1.11. The number of nitrogens with zero attached hydrogens (tertiary/aromatic N) is 1. The van der Waals surface area contributed by atoms with Crippen LogP contribution in [-0.4, -0.2) is 21.9 Å². The zero-order chi connectivity index (χ0) is 25.1.